The molecule has 0 aromatic rings. The molecule has 2 atom stereocenters. The van der Waals surface area contributed by atoms with Crippen LogP contribution in [0.2, 0.25) is 0 Å². The molecule has 15 heavy (non-hydrogen) atoms. The summed E-state index contributed by atoms with van der Waals surface area (Å²) in [5, 5.41) is 10.9. The summed E-state index contributed by atoms with van der Waals surface area (Å²) >= 11 is 0. The van der Waals surface area contributed by atoms with E-state index in [1.807, 2.05) is 0 Å². The summed E-state index contributed by atoms with van der Waals surface area (Å²) < 4.78 is 40.0. The van der Waals surface area contributed by atoms with Gasteiger partial charge in [0.15, 0.2) is 6.10 Å². The number of aliphatic hydroxyl groups excluding tert-OH is 1. The Kier molecular flexibility index (Phi) is 5.59. The summed E-state index contributed by atoms with van der Waals surface area (Å²) in [6.07, 6.45) is -6.87. The van der Waals surface area contributed by atoms with Crippen LogP contribution in [-0.2, 0) is 9.53 Å². The van der Waals surface area contributed by atoms with E-state index in [-0.39, 0.29) is 6.42 Å². The van der Waals surface area contributed by atoms with Crippen molar-refractivity contribution in [1.82, 2.24) is 5.32 Å². The lowest BCUT2D eigenvalue weighted by molar-refractivity contribution is -0.202. The molecule has 0 heterocycles. The van der Waals surface area contributed by atoms with Gasteiger partial charge in [0, 0.05) is 6.54 Å². The van der Waals surface area contributed by atoms with Gasteiger partial charge in [-0.05, 0) is 6.42 Å². The first-order valence-corrected chi connectivity index (χ1v) is 4.38. The van der Waals surface area contributed by atoms with E-state index in [2.05, 4.69) is 10.1 Å². The van der Waals surface area contributed by atoms with Crippen molar-refractivity contribution in [2.24, 2.45) is 0 Å². The third-order valence-corrected chi connectivity index (χ3v) is 1.83. The minimum absolute atomic E-state index is 0.289. The minimum atomic E-state index is -4.68. The van der Waals surface area contributed by atoms with Gasteiger partial charge in [-0.15, -0.1) is 0 Å². The maximum absolute atomic E-state index is 11.9. The second kappa shape index (κ2) is 5.92. The fourth-order valence-corrected chi connectivity index (χ4v) is 0.906. The van der Waals surface area contributed by atoms with Crippen LogP contribution >= 0.6 is 0 Å². The standard InChI is InChI=1S/C8H14F3NO3/c1-3-5(7(14)15-2)12-4-6(13)8(9,10)11/h5-6,12-13H,3-4H2,1-2H3. The molecular formula is C8H14F3NO3. The second-order valence-corrected chi connectivity index (χ2v) is 2.95. The minimum Gasteiger partial charge on any atom is -0.468 e. The fraction of sp³-hybridized carbons (Fsp3) is 0.875. The third-order valence-electron chi connectivity index (χ3n) is 1.83. The maximum atomic E-state index is 11.9. The molecule has 0 bridgehead atoms. The van der Waals surface area contributed by atoms with E-state index in [0.717, 1.165) is 7.11 Å². The Hall–Kier alpha value is -0.820. The average Bonchev–Trinajstić information content (AvgIpc) is 2.16. The lowest BCUT2D eigenvalue weighted by Gasteiger charge is -2.19. The zero-order valence-electron chi connectivity index (χ0n) is 8.47. The SMILES string of the molecule is CCC(NCC(O)C(F)(F)F)C(=O)OC. The molecule has 0 rings (SSSR count). The molecule has 0 aliphatic carbocycles. The molecule has 0 aliphatic heterocycles. The lowest BCUT2D eigenvalue weighted by Crippen LogP contribution is -2.45. The van der Waals surface area contributed by atoms with Gasteiger partial charge in [0.2, 0.25) is 0 Å². The predicted octanol–water partition coefficient (Wildman–Crippen LogP) is 0.451. The number of esters is 1. The Morgan fingerprint density at radius 1 is 1.53 bits per heavy atom. The Bertz CT molecular complexity index is 208. The summed E-state index contributed by atoms with van der Waals surface area (Å²) in [6.45, 7) is 0.895. The zero-order chi connectivity index (χ0) is 12.1. The molecule has 7 heteroatoms. The summed E-state index contributed by atoms with van der Waals surface area (Å²) in [5.41, 5.74) is 0. The number of aliphatic hydroxyl groups is 1. The molecule has 0 fully saturated rings. The van der Waals surface area contributed by atoms with Crippen LogP contribution in [-0.4, -0.2) is 43.1 Å². The highest BCUT2D eigenvalue weighted by Gasteiger charge is 2.38. The van der Waals surface area contributed by atoms with Gasteiger partial charge in [0.05, 0.1) is 7.11 Å². The van der Waals surface area contributed by atoms with Crippen LogP contribution in [0.4, 0.5) is 13.2 Å². The fourth-order valence-electron chi connectivity index (χ4n) is 0.906. The predicted molar refractivity (Wildman–Crippen MR) is 46.2 cm³/mol. The molecule has 0 amide bonds. The van der Waals surface area contributed by atoms with Crippen molar-refractivity contribution in [2.45, 2.75) is 31.7 Å². The number of hydrogen-bond donors (Lipinski definition) is 2. The van der Waals surface area contributed by atoms with Crippen molar-refractivity contribution in [3.63, 3.8) is 0 Å². The number of carbonyl (C=O) groups excluding carboxylic acids is 1. The molecule has 0 saturated carbocycles. The Balaban J connectivity index is 4.07. The Morgan fingerprint density at radius 2 is 2.07 bits per heavy atom. The number of nitrogens with one attached hydrogen (secondary N) is 1. The summed E-state index contributed by atoms with van der Waals surface area (Å²) in [5.74, 6) is -0.646. The first-order valence-electron chi connectivity index (χ1n) is 4.38. The highest BCUT2D eigenvalue weighted by Crippen LogP contribution is 2.19. The molecule has 0 aliphatic rings. The van der Waals surface area contributed by atoms with Crippen LogP contribution in [0.3, 0.4) is 0 Å². The molecular weight excluding hydrogens is 215 g/mol. The maximum Gasteiger partial charge on any atom is 0.415 e. The van der Waals surface area contributed by atoms with Crippen LogP contribution in [0.5, 0.6) is 0 Å². The topological polar surface area (TPSA) is 58.6 Å². The molecule has 0 spiro atoms. The van der Waals surface area contributed by atoms with Gasteiger partial charge in [0.25, 0.3) is 0 Å². The van der Waals surface area contributed by atoms with E-state index in [4.69, 9.17) is 5.11 Å². The van der Waals surface area contributed by atoms with Crippen LogP contribution in [0.25, 0.3) is 0 Å². The van der Waals surface area contributed by atoms with Gasteiger partial charge < -0.3 is 15.2 Å². The zero-order valence-corrected chi connectivity index (χ0v) is 8.47. The number of hydrogen-bond acceptors (Lipinski definition) is 4. The molecule has 0 radical (unpaired) electrons. The van der Waals surface area contributed by atoms with Crippen LogP contribution in [0.15, 0.2) is 0 Å². The normalized spacial score (nSPS) is 15.9. The summed E-state index contributed by atoms with van der Waals surface area (Å²) in [4.78, 5) is 11.0. The van der Waals surface area contributed by atoms with Gasteiger partial charge in [-0.3, -0.25) is 4.79 Å². The van der Waals surface area contributed by atoms with Crippen molar-refractivity contribution < 1.29 is 27.8 Å². The van der Waals surface area contributed by atoms with Gasteiger partial charge in [-0.25, -0.2) is 0 Å². The Morgan fingerprint density at radius 3 is 2.40 bits per heavy atom. The third kappa shape index (κ3) is 4.98. The quantitative estimate of drug-likeness (QED) is 0.672. The lowest BCUT2D eigenvalue weighted by atomic mass is 10.2. The molecule has 0 saturated heterocycles. The molecule has 4 nitrogen and oxygen atoms in total. The van der Waals surface area contributed by atoms with Crippen molar-refractivity contribution >= 4 is 5.97 Å². The van der Waals surface area contributed by atoms with E-state index in [1.165, 1.54) is 0 Å². The second-order valence-electron chi connectivity index (χ2n) is 2.95. The first kappa shape index (κ1) is 14.2. The highest BCUT2D eigenvalue weighted by molar-refractivity contribution is 5.75. The number of alkyl halides is 3. The van der Waals surface area contributed by atoms with E-state index in [9.17, 15) is 18.0 Å². The number of halogens is 3. The highest BCUT2D eigenvalue weighted by atomic mass is 19.4. The summed E-state index contributed by atoms with van der Waals surface area (Å²) in [6, 6.07) is -0.827. The molecule has 90 valence electrons. The molecule has 0 aromatic carbocycles. The largest absolute Gasteiger partial charge is 0.468 e. The van der Waals surface area contributed by atoms with Gasteiger partial charge in [-0.2, -0.15) is 13.2 Å². The number of carbonyl (C=O) groups is 1. The van der Waals surface area contributed by atoms with E-state index >= 15 is 0 Å². The van der Waals surface area contributed by atoms with Crippen LogP contribution < -0.4 is 5.32 Å². The van der Waals surface area contributed by atoms with Gasteiger partial charge in [0.1, 0.15) is 6.04 Å². The molecule has 2 N–H and O–H groups in total. The number of methoxy groups -OCH3 is 1. The van der Waals surface area contributed by atoms with Crippen LogP contribution in [0.1, 0.15) is 13.3 Å². The van der Waals surface area contributed by atoms with Crippen molar-refractivity contribution in [1.29, 1.82) is 0 Å². The number of rotatable bonds is 5. The van der Waals surface area contributed by atoms with E-state index in [0.29, 0.717) is 0 Å². The van der Waals surface area contributed by atoms with Gasteiger partial charge >= 0.3 is 12.1 Å². The molecule has 2 unspecified atom stereocenters. The van der Waals surface area contributed by atoms with Gasteiger partial charge in [-0.1, -0.05) is 6.92 Å². The summed E-state index contributed by atoms with van der Waals surface area (Å²) in [7, 11) is 1.15. The van der Waals surface area contributed by atoms with Crippen LogP contribution in [0, 0.1) is 0 Å². The van der Waals surface area contributed by atoms with Crippen molar-refractivity contribution in [3.8, 4) is 0 Å². The smallest absolute Gasteiger partial charge is 0.415 e. The number of ether oxygens (including phenoxy) is 1. The average molecular weight is 229 g/mol. The van der Waals surface area contributed by atoms with Crippen molar-refractivity contribution in [3.05, 3.63) is 0 Å². The van der Waals surface area contributed by atoms with Crippen molar-refractivity contribution in [2.75, 3.05) is 13.7 Å². The van der Waals surface area contributed by atoms with E-state index in [1.54, 1.807) is 6.92 Å². The molecule has 0 aromatic heterocycles. The van der Waals surface area contributed by atoms with E-state index < -0.39 is 30.8 Å². The monoisotopic (exact) mass is 229 g/mol. The first-order chi connectivity index (χ1) is 6.82. The Labute approximate surface area is 85.4 Å².